The van der Waals surface area contributed by atoms with Gasteiger partial charge in [-0.25, -0.2) is 18.4 Å². The number of aliphatic imine (C=N–C) groups is 1. The summed E-state index contributed by atoms with van der Waals surface area (Å²) in [5.74, 6) is -1.63. The normalized spacial score (nSPS) is 13.6. The zero-order valence-corrected chi connectivity index (χ0v) is 44.6. The fraction of sp³-hybridized carbons (Fsp3) is 0.276. The number of benzene rings is 6. The van der Waals surface area contributed by atoms with Gasteiger partial charge in [-0.1, -0.05) is 97.3 Å². The molecule has 2 fully saturated rings. The minimum atomic E-state index is -4.78. The molecule has 2 saturated carbocycles. The Labute approximate surface area is 475 Å². The molecule has 10 rings (SSSR count). The van der Waals surface area contributed by atoms with Gasteiger partial charge in [-0.15, -0.1) is 10.2 Å². The number of amides is 4. The molecule has 26 heteroatoms. The third-order valence-corrected chi connectivity index (χ3v) is 13.8. The number of carbonyl (C=O) groups excluding carboxylic acids is 4. The number of anilines is 5. The second-order valence-corrected chi connectivity index (χ2v) is 19.7. The second kappa shape index (κ2) is 28.3. The lowest BCUT2D eigenvalue weighted by Gasteiger charge is -2.26. The Morgan fingerprint density at radius 3 is 1.51 bits per heavy atom. The van der Waals surface area contributed by atoms with E-state index in [0.717, 1.165) is 60.6 Å². The van der Waals surface area contributed by atoms with E-state index in [1.807, 2.05) is 24.3 Å². The Bertz CT molecular complexity index is 3480. The van der Waals surface area contributed by atoms with Gasteiger partial charge in [0.05, 0.1) is 23.4 Å². The highest BCUT2D eigenvalue weighted by atomic mass is 19.4. The van der Waals surface area contributed by atoms with Crippen LogP contribution < -0.4 is 26.2 Å². The number of halogens is 8. The van der Waals surface area contributed by atoms with Crippen molar-refractivity contribution in [2.75, 3.05) is 26.2 Å². The molecule has 2 heterocycles. The number of aromatic nitrogens is 8. The average molecular weight is 1160 g/mol. The molecule has 0 unspecified atom stereocenters. The largest absolute Gasteiger partial charge is 0.416 e. The van der Waals surface area contributed by atoms with Crippen LogP contribution in [-0.2, 0) is 30.2 Å². The lowest BCUT2D eigenvalue weighted by atomic mass is 9.84. The van der Waals surface area contributed by atoms with Crippen molar-refractivity contribution in [2.45, 2.75) is 101 Å². The highest BCUT2D eigenvalue weighted by Crippen LogP contribution is 2.37. The molecule has 2 aliphatic rings. The number of hydrogen-bond donors (Lipinski definition) is 6. The summed E-state index contributed by atoms with van der Waals surface area (Å²) in [6.45, 7) is 0.721. The molecule has 84 heavy (non-hydrogen) atoms. The summed E-state index contributed by atoms with van der Waals surface area (Å²) in [5.41, 5.74) is 3.68. The van der Waals surface area contributed by atoms with Gasteiger partial charge in [0.25, 0.3) is 23.7 Å². The number of hydrogen-bond acceptors (Lipinski definition) is 12. The van der Waals surface area contributed by atoms with Crippen molar-refractivity contribution in [1.29, 1.82) is 0 Å². The Hall–Kier alpha value is -9.71. The van der Waals surface area contributed by atoms with Crippen LogP contribution in [0.2, 0.25) is 0 Å². The van der Waals surface area contributed by atoms with Crippen LogP contribution in [0.25, 0.3) is 0 Å². The SMILES string of the molecule is O=C(Nc1nn[nH]n1)c1ccc(CN(C(=O)Nc2cc(F)cc(C(F)(F)F)c2)c2ccc(C3CCCCC3)cc2)cc1.O=C(Nc1nn[nH]n1)c1ccc(CNc2ccc(C3CCCCC3)cc2)cc1.O=C=Nc1cc(F)cc(C(F)(F)F)c1. The highest BCUT2D eigenvalue weighted by molar-refractivity contribution is 6.04. The summed E-state index contributed by atoms with van der Waals surface area (Å²) >= 11 is 0. The summed E-state index contributed by atoms with van der Waals surface area (Å²) < 4.78 is 103. The van der Waals surface area contributed by atoms with Gasteiger partial charge in [-0.3, -0.25) is 25.1 Å². The number of rotatable bonds is 14. The molecule has 8 aromatic rings. The van der Waals surface area contributed by atoms with Gasteiger partial charge in [-0.2, -0.15) is 41.8 Å². The first kappa shape index (κ1) is 60.4. The summed E-state index contributed by atoms with van der Waals surface area (Å²) in [6.07, 6.45) is 4.06. The molecule has 2 aliphatic carbocycles. The summed E-state index contributed by atoms with van der Waals surface area (Å²) in [4.78, 5) is 52.0. The Kier molecular flexibility index (Phi) is 20.4. The lowest BCUT2D eigenvalue weighted by Crippen LogP contribution is -2.34. The predicted octanol–water partition coefficient (Wildman–Crippen LogP) is 13.8. The Morgan fingerprint density at radius 1 is 0.560 bits per heavy atom. The van der Waals surface area contributed by atoms with Gasteiger partial charge in [0, 0.05) is 40.8 Å². The van der Waals surface area contributed by atoms with Crippen molar-refractivity contribution in [3.8, 4) is 0 Å². The number of carbonyl (C=O) groups is 3. The number of tetrazole rings is 2. The van der Waals surface area contributed by atoms with Crippen LogP contribution in [0.1, 0.15) is 130 Å². The first-order valence-corrected chi connectivity index (χ1v) is 26.5. The van der Waals surface area contributed by atoms with Crippen molar-refractivity contribution >= 4 is 58.6 Å². The van der Waals surface area contributed by atoms with Gasteiger partial charge in [0.1, 0.15) is 11.6 Å². The highest BCUT2D eigenvalue weighted by Gasteiger charge is 2.33. The maximum atomic E-state index is 14.0. The second-order valence-electron chi connectivity index (χ2n) is 19.7. The van der Waals surface area contributed by atoms with Crippen molar-refractivity contribution < 1.29 is 54.3 Å². The Morgan fingerprint density at radius 2 is 1.04 bits per heavy atom. The quantitative estimate of drug-likeness (QED) is 0.0340. The fourth-order valence-corrected chi connectivity index (χ4v) is 9.52. The van der Waals surface area contributed by atoms with Gasteiger partial charge in [-0.05, 0) is 149 Å². The minimum absolute atomic E-state index is 0.00891. The van der Waals surface area contributed by atoms with E-state index in [0.29, 0.717) is 65.2 Å². The zero-order chi connectivity index (χ0) is 59.6. The first-order chi connectivity index (χ1) is 40.4. The third kappa shape index (κ3) is 17.6. The molecule has 0 bridgehead atoms. The summed E-state index contributed by atoms with van der Waals surface area (Å²) in [6, 6.07) is 32.9. The molecule has 6 N–H and O–H groups in total. The third-order valence-electron chi connectivity index (χ3n) is 13.8. The minimum Gasteiger partial charge on any atom is -0.381 e. The summed E-state index contributed by atoms with van der Waals surface area (Å²) in [5, 5.41) is 37.0. The molecular formula is C58H54F8N14O4. The van der Waals surface area contributed by atoms with E-state index >= 15 is 0 Å². The molecule has 0 radical (unpaired) electrons. The molecule has 6 aromatic carbocycles. The van der Waals surface area contributed by atoms with E-state index in [-0.39, 0.29) is 30.0 Å². The smallest absolute Gasteiger partial charge is 0.381 e. The van der Waals surface area contributed by atoms with Crippen molar-refractivity contribution in [3.63, 3.8) is 0 Å². The topological polar surface area (TPSA) is 241 Å². The lowest BCUT2D eigenvalue weighted by molar-refractivity contribution is -0.138. The molecule has 4 amide bonds. The van der Waals surface area contributed by atoms with Crippen LogP contribution >= 0.6 is 0 Å². The van der Waals surface area contributed by atoms with E-state index in [4.69, 9.17) is 0 Å². The molecule has 0 aliphatic heterocycles. The van der Waals surface area contributed by atoms with E-state index in [1.165, 1.54) is 49.0 Å². The zero-order valence-electron chi connectivity index (χ0n) is 44.6. The van der Waals surface area contributed by atoms with Crippen LogP contribution in [0.4, 0.5) is 74.6 Å². The fourth-order valence-electron chi connectivity index (χ4n) is 9.52. The van der Waals surface area contributed by atoms with Crippen LogP contribution in [-0.4, -0.2) is 65.2 Å². The van der Waals surface area contributed by atoms with Gasteiger partial charge < -0.3 is 10.6 Å². The van der Waals surface area contributed by atoms with Gasteiger partial charge in [0.2, 0.25) is 6.08 Å². The Balaban J connectivity index is 0.000000187. The summed E-state index contributed by atoms with van der Waals surface area (Å²) in [7, 11) is 0. The van der Waals surface area contributed by atoms with Crippen molar-refractivity contribution in [3.05, 3.63) is 190 Å². The van der Waals surface area contributed by atoms with Gasteiger partial charge in [0.15, 0.2) is 0 Å². The molecule has 18 nitrogen and oxygen atoms in total. The number of urea groups is 1. The number of nitrogens with zero attached hydrogens (tertiary/aromatic N) is 8. The predicted molar refractivity (Wildman–Crippen MR) is 295 cm³/mol. The molecular weight excluding hydrogens is 1110 g/mol. The number of nitrogens with one attached hydrogen (secondary N) is 6. The van der Waals surface area contributed by atoms with Crippen LogP contribution in [0.5, 0.6) is 0 Å². The average Bonchev–Trinajstić information content (AvgIpc) is 4.23. The molecule has 2 aromatic heterocycles. The molecule has 0 spiro atoms. The number of isocyanates is 1. The molecule has 0 atom stereocenters. The van der Waals surface area contributed by atoms with Crippen LogP contribution in [0, 0.1) is 11.6 Å². The standard InChI is InChI=1S/C29H27F4N7O2.C21H24N6O.C8H3F4NO/c30-23-14-22(29(31,32)33)15-24(16-23)34-28(42)40(25-12-10-20(11-13-25)19-4-2-1-3-5-19)17-18-6-8-21(9-7-18)26(41)35-27-36-38-39-37-27;28-20(23-21-24-26-27-25-21)18-8-6-15(7-9-18)14-22-19-12-10-17(11-13-19)16-4-2-1-3-5-16;9-6-1-5(8(10,11)12)2-7(3-6)13-4-14/h6-16,19H,1-5,17H2,(H,34,42)(H2,35,36,37,38,39,41);6-13,16,22H,1-5,14H2,(H2,23,24,25,26,27,28);1-3H. The maximum Gasteiger partial charge on any atom is 0.416 e. The van der Waals surface area contributed by atoms with Crippen molar-refractivity contribution in [1.82, 2.24) is 41.2 Å². The molecule has 436 valence electrons. The monoisotopic (exact) mass is 1160 g/mol. The number of H-pyrrole nitrogens is 2. The van der Waals surface area contributed by atoms with E-state index < -0.39 is 52.7 Å². The van der Waals surface area contributed by atoms with E-state index in [2.05, 4.69) is 91.8 Å². The first-order valence-electron chi connectivity index (χ1n) is 26.5. The van der Waals surface area contributed by atoms with Crippen molar-refractivity contribution in [2.24, 2.45) is 4.99 Å². The van der Waals surface area contributed by atoms with E-state index in [9.17, 15) is 54.3 Å². The van der Waals surface area contributed by atoms with Gasteiger partial charge >= 0.3 is 18.4 Å². The van der Waals surface area contributed by atoms with Crippen LogP contribution in [0.3, 0.4) is 0 Å². The maximum absolute atomic E-state index is 14.0. The van der Waals surface area contributed by atoms with E-state index in [1.54, 1.807) is 48.5 Å². The van der Waals surface area contributed by atoms with Crippen LogP contribution in [0.15, 0.2) is 138 Å². The molecule has 0 saturated heterocycles. The number of aromatic amines is 2. The number of alkyl halides is 6.